The lowest BCUT2D eigenvalue weighted by molar-refractivity contribution is 0.592. The first-order valence-corrected chi connectivity index (χ1v) is 19.0. The van der Waals surface area contributed by atoms with Gasteiger partial charge in [-0.3, -0.25) is 9.47 Å². The van der Waals surface area contributed by atoms with Crippen molar-refractivity contribution in [3.8, 4) is 16.9 Å². The molecule has 2 heterocycles. The summed E-state index contributed by atoms with van der Waals surface area (Å²) >= 11 is 0. The lowest BCUT2D eigenvalue weighted by Crippen LogP contribution is -2.25. The van der Waals surface area contributed by atoms with Gasteiger partial charge in [-0.15, -0.1) is 0 Å². The van der Waals surface area contributed by atoms with Gasteiger partial charge in [0.1, 0.15) is 11.6 Å². The molecule has 5 nitrogen and oxygen atoms in total. The number of benzene rings is 5. The molecule has 7 rings (SSSR count). The Hall–Kier alpha value is -6.29. The summed E-state index contributed by atoms with van der Waals surface area (Å²) in [6.07, 6.45) is 13.8. The lowest BCUT2D eigenvalue weighted by Gasteiger charge is -2.27. The summed E-state index contributed by atoms with van der Waals surface area (Å²) < 4.78 is 17.7. The van der Waals surface area contributed by atoms with E-state index < -0.39 is 7.14 Å². The average Bonchev–Trinajstić information content (AvgIpc) is 3.65. The van der Waals surface area contributed by atoms with Gasteiger partial charge in [-0.1, -0.05) is 146 Å². The lowest BCUT2D eigenvalue weighted by atomic mass is 10.1. The van der Waals surface area contributed by atoms with E-state index in [1.165, 1.54) is 0 Å². The van der Waals surface area contributed by atoms with E-state index in [9.17, 15) is 0 Å². The Bertz CT molecular complexity index is 2330. The Labute approximate surface area is 306 Å². The zero-order chi connectivity index (χ0) is 35.8. The van der Waals surface area contributed by atoms with E-state index in [0.717, 1.165) is 61.4 Å². The quantitative estimate of drug-likeness (QED) is 0.0999. The number of allylic oxidation sites excluding steroid dienone is 4. The minimum Gasteiger partial charge on any atom is -0.309 e. The molecule has 0 radical (unpaired) electrons. The molecule has 0 saturated heterocycles. The van der Waals surface area contributed by atoms with Crippen molar-refractivity contribution in [3.63, 3.8) is 0 Å². The third kappa shape index (κ3) is 6.87. The van der Waals surface area contributed by atoms with Gasteiger partial charge in [0.25, 0.3) is 0 Å². The predicted octanol–water partition coefficient (Wildman–Crippen LogP) is 10.4. The highest BCUT2D eigenvalue weighted by Gasteiger charge is 2.30. The number of hydrogen-bond donors (Lipinski definition) is 0. The Morgan fingerprint density at radius 2 is 1.23 bits per heavy atom. The van der Waals surface area contributed by atoms with Gasteiger partial charge in [0.05, 0.1) is 17.6 Å². The molecule has 1 unspecified atom stereocenters. The molecule has 7 aromatic rings. The summed E-state index contributed by atoms with van der Waals surface area (Å²) in [6, 6.07) is 52.4. The van der Waals surface area contributed by atoms with Crippen LogP contribution in [0.4, 0.5) is 11.5 Å². The van der Waals surface area contributed by atoms with Gasteiger partial charge in [-0.05, 0) is 61.9 Å². The van der Waals surface area contributed by atoms with Crippen LogP contribution in [0.2, 0.25) is 0 Å². The van der Waals surface area contributed by atoms with Gasteiger partial charge < -0.3 is 4.57 Å². The number of imidazole rings is 1. The summed E-state index contributed by atoms with van der Waals surface area (Å²) in [6.45, 7) is 4.02. The fourth-order valence-electron chi connectivity index (χ4n) is 6.44. The van der Waals surface area contributed by atoms with E-state index in [4.69, 9.17) is 4.98 Å². The van der Waals surface area contributed by atoms with Crippen molar-refractivity contribution in [1.82, 2.24) is 14.5 Å². The zero-order valence-electron chi connectivity index (χ0n) is 29.2. The van der Waals surface area contributed by atoms with Gasteiger partial charge in [-0.25, -0.2) is 9.97 Å². The molecule has 0 fully saturated rings. The highest BCUT2D eigenvalue weighted by atomic mass is 31.2. The van der Waals surface area contributed by atoms with Crippen molar-refractivity contribution in [3.05, 3.63) is 206 Å². The van der Waals surface area contributed by atoms with Crippen LogP contribution in [0.15, 0.2) is 194 Å². The molecule has 0 amide bonds. The summed E-state index contributed by atoms with van der Waals surface area (Å²) in [5, 5.41) is 2.31. The molecule has 0 aliphatic carbocycles. The van der Waals surface area contributed by atoms with Gasteiger partial charge in [0.2, 0.25) is 0 Å². The molecular formula is C46H39N4OP. The first kappa shape index (κ1) is 34.2. The maximum Gasteiger partial charge on any atom is 0.171 e. The predicted molar refractivity (Wildman–Crippen MR) is 219 cm³/mol. The molecule has 2 aromatic heterocycles. The summed E-state index contributed by atoms with van der Waals surface area (Å²) in [5.41, 5.74) is 5.92. The normalized spacial score (nSPS) is 13.0. The molecule has 52 heavy (non-hydrogen) atoms. The second-order valence-electron chi connectivity index (χ2n) is 12.1. The highest BCUT2D eigenvalue weighted by Crippen LogP contribution is 2.43. The number of pyridine rings is 1. The van der Waals surface area contributed by atoms with Crippen LogP contribution in [0.25, 0.3) is 28.7 Å². The van der Waals surface area contributed by atoms with E-state index in [-0.39, 0.29) is 0 Å². The second kappa shape index (κ2) is 15.7. The van der Waals surface area contributed by atoms with Crippen molar-refractivity contribution in [1.29, 1.82) is 0 Å². The maximum absolute atomic E-state index is 15.6. The molecule has 0 saturated carbocycles. The summed E-state index contributed by atoms with van der Waals surface area (Å²) in [4.78, 5) is 11.6. The third-order valence-corrected chi connectivity index (χ3v) is 12.0. The zero-order valence-corrected chi connectivity index (χ0v) is 30.1. The van der Waals surface area contributed by atoms with Gasteiger partial charge in [-0.2, -0.15) is 0 Å². The van der Waals surface area contributed by atoms with Crippen LogP contribution < -0.4 is 20.8 Å². The van der Waals surface area contributed by atoms with Crippen molar-refractivity contribution in [2.45, 2.75) is 13.8 Å². The van der Waals surface area contributed by atoms with E-state index in [1.54, 1.807) is 6.20 Å². The van der Waals surface area contributed by atoms with Crippen LogP contribution in [0.5, 0.6) is 0 Å². The minimum absolute atomic E-state index is 0.764. The van der Waals surface area contributed by atoms with Crippen molar-refractivity contribution in [2.75, 3.05) is 4.90 Å². The maximum atomic E-state index is 15.6. The Morgan fingerprint density at radius 3 is 1.85 bits per heavy atom. The number of rotatable bonds is 11. The Kier molecular flexibility index (Phi) is 10.3. The van der Waals surface area contributed by atoms with E-state index in [1.807, 2.05) is 154 Å². The van der Waals surface area contributed by atoms with Crippen molar-refractivity contribution in [2.24, 2.45) is 0 Å². The summed E-state index contributed by atoms with van der Waals surface area (Å²) in [5.74, 6) is 1.64. The average molecular weight is 695 g/mol. The SMILES string of the molecule is C/C=C\C=C/c1ncc(-c2ccc(P(=O)(c3ccccc3)c3ccc(/C(=C/C)N(c4ccccc4)c4ccccn4)cc3)cc2)n1-c1ccccc1. The molecule has 0 bridgehead atoms. The van der Waals surface area contributed by atoms with Gasteiger partial charge >= 0.3 is 0 Å². The number of anilines is 2. The summed E-state index contributed by atoms with van der Waals surface area (Å²) in [7, 11) is -3.26. The number of nitrogens with zero attached hydrogens (tertiary/aromatic N) is 4. The van der Waals surface area contributed by atoms with Crippen LogP contribution >= 0.6 is 7.14 Å². The highest BCUT2D eigenvalue weighted by molar-refractivity contribution is 7.85. The van der Waals surface area contributed by atoms with Gasteiger partial charge in [0, 0.05) is 39.0 Å². The molecular weight excluding hydrogens is 656 g/mol. The smallest absolute Gasteiger partial charge is 0.171 e. The van der Waals surface area contributed by atoms with Gasteiger partial charge in [0.15, 0.2) is 7.14 Å². The van der Waals surface area contributed by atoms with Crippen LogP contribution in [0.1, 0.15) is 25.2 Å². The van der Waals surface area contributed by atoms with Crippen molar-refractivity contribution < 1.29 is 4.57 Å². The van der Waals surface area contributed by atoms with E-state index in [0.29, 0.717) is 0 Å². The molecule has 0 aliphatic heterocycles. The fourth-order valence-corrected chi connectivity index (χ4v) is 9.06. The first-order chi connectivity index (χ1) is 25.6. The van der Waals surface area contributed by atoms with E-state index in [2.05, 4.69) is 69.1 Å². The van der Waals surface area contributed by atoms with Crippen LogP contribution in [-0.4, -0.2) is 14.5 Å². The molecule has 1 atom stereocenters. The standard InChI is InChI=1S/C46H39N4OP/c1-3-5-9-24-46-48-35-44(50(46)39-20-12-7-13-21-39)37-28-32-42(33-29-37)52(51,40-22-14-8-15-23-40)41-30-26-36(27-31-41)43(4-2)49(38-18-10-6-11-19-38)45-25-16-17-34-47-45/h3-35H,1-2H3/b5-3-,24-9-,43-4-. The largest absolute Gasteiger partial charge is 0.309 e. The second-order valence-corrected chi connectivity index (χ2v) is 14.9. The number of hydrogen-bond acceptors (Lipinski definition) is 4. The van der Waals surface area contributed by atoms with Crippen LogP contribution in [-0.2, 0) is 4.57 Å². The molecule has 254 valence electrons. The third-order valence-electron chi connectivity index (χ3n) is 8.93. The minimum atomic E-state index is -3.26. The topological polar surface area (TPSA) is 51.0 Å². The number of para-hydroxylation sites is 2. The molecule has 6 heteroatoms. The molecule has 0 spiro atoms. The number of aromatic nitrogens is 3. The van der Waals surface area contributed by atoms with E-state index >= 15 is 4.57 Å². The molecule has 0 N–H and O–H groups in total. The monoisotopic (exact) mass is 694 g/mol. The Balaban J connectivity index is 1.28. The van der Waals surface area contributed by atoms with Crippen LogP contribution in [0.3, 0.4) is 0 Å². The molecule has 5 aromatic carbocycles. The van der Waals surface area contributed by atoms with Crippen LogP contribution in [0, 0.1) is 0 Å². The molecule has 0 aliphatic rings. The fraction of sp³-hybridized carbons (Fsp3) is 0.0435. The first-order valence-electron chi connectivity index (χ1n) is 17.3. The Morgan fingerprint density at radius 1 is 0.635 bits per heavy atom. The van der Waals surface area contributed by atoms with Crippen molar-refractivity contribution >= 4 is 46.3 Å².